The van der Waals surface area contributed by atoms with Gasteiger partial charge in [-0.2, -0.15) is 0 Å². The van der Waals surface area contributed by atoms with Crippen molar-refractivity contribution in [1.29, 1.82) is 0 Å². The third-order valence-corrected chi connectivity index (χ3v) is 13.6. The van der Waals surface area contributed by atoms with Gasteiger partial charge in [0.05, 0.1) is 0 Å². The van der Waals surface area contributed by atoms with Crippen LogP contribution in [0.3, 0.4) is 0 Å². The lowest BCUT2D eigenvalue weighted by Gasteiger charge is -2.18. The number of hydrogen-bond acceptors (Lipinski definition) is 6. The van der Waals surface area contributed by atoms with E-state index in [0.717, 1.165) is 75.5 Å². The molecule has 0 N–H and O–H groups in total. The Labute approximate surface area is 412 Å². The van der Waals surface area contributed by atoms with Crippen molar-refractivity contribution in [2.24, 2.45) is 17.8 Å². The molecular weight excluding hydrogens is 817 g/mol. The Morgan fingerprint density at radius 3 is 0.652 bits per heavy atom. The van der Waals surface area contributed by atoms with E-state index in [4.69, 9.17) is 14.2 Å². The van der Waals surface area contributed by atoms with E-state index in [0.29, 0.717) is 19.3 Å². The summed E-state index contributed by atoms with van der Waals surface area (Å²) in [5.74, 6) is 1.65. The third-order valence-electron chi connectivity index (χ3n) is 13.6. The summed E-state index contributed by atoms with van der Waals surface area (Å²) < 4.78 is 16.9. The molecule has 0 aromatic carbocycles. The number of rotatable bonds is 53. The van der Waals surface area contributed by atoms with Gasteiger partial charge in [-0.15, -0.1) is 0 Å². The molecule has 1 atom stereocenters. The molecule has 0 aliphatic rings. The lowest BCUT2D eigenvalue weighted by Crippen LogP contribution is -2.30. The Bertz CT molecular complexity index is 1020. The minimum atomic E-state index is -0.764. The van der Waals surface area contributed by atoms with Crippen LogP contribution in [0.25, 0.3) is 0 Å². The molecule has 0 fully saturated rings. The first-order valence-corrected chi connectivity index (χ1v) is 29.6. The van der Waals surface area contributed by atoms with Crippen molar-refractivity contribution in [2.45, 2.75) is 337 Å². The molecule has 0 rings (SSSR count). The van der Waals surface area contributed by atoms with Gasteiger partial charge in [0.25, 0.3) is 0 Å². The summed E-state index contributed by atoms with van der Waals surface area (Å²) in [6.45, 7) is 13.8. The van der Waals surface area contributed by atoms with Crippen LogP contribution in [-0.2, 0) is 28.6 Å². The molecule has 0 amide bonds. The Hall–Kier alpha value is -1.59. The van der Waals surface area contributed by atoms with Gasteiger partial charge in [-0.1, -0.05) is 292 Å². The van der Waals surface area contributed by atoms with Gasteiger partial charge < -0.3 is 14.2 Å². The number of ether oxygens (including phenoxy) is 3. The van der Waals surface area contributed by atoms with Gasteiger partial charge in [0, 0.05) is 19.3 Å². The molecule has 0 heterocycles. The zero-order valence-corrected chi connectivity index (χ0v) is 45.5. The Morgan fingerprint density at radius 1 is 0.258 bits per heavy atom. The van der Waals surface area contributed by atoms with E-state index >= 15 is 0 Å². The van der Waals surface area contributed by atoms with E-state index in [1.54, 1.807) is 0 Å². The van der Waals surface area contributed by atoms with Gasteiger partial charge in [-0.3, -0.25) is 14.4 Å². The second-order valence-corrected chi connectivity index (χ2v) is 22.1. The summed E-state index contributed by atoms with van der Waals surface area (Å²) in [6, 6.07) is 0. The normalized spacial score (nSPS) is 12.1. The maximum absolute atomic E-state index is 12.8. The summed E-state index contributed by atoms with van der Waals surface area (Å²) in [4.78, 5) is 38.1. The molecule has 0 aliphatic heterocycles. The van der Waals surface area contributed by atoms with Gasteiger partial charge in [-0.05, 0) is 37.0 Å². The topological polar surface area (TPSA) is 78.9 Å². The summed E-state index contributed by atoms with van der Waals surface area (Å²) in [6.07, 6.45) is 53.9. The molecule has 0 aromatic rings. The molecule has 0 radical (unpaired) electrons. The number of unbranched alkanes of at least 4 members (excludes halogenated alkanes) is 36. The summed E-state index contributed by atoms with van der Waals surface area (Å²) in [5.41, 5.74) is 0. The number of carbonyl (C=O) groups is 3. The van der Waals surface area contributed by atoms with Crippen LogP contribution in [0, 0.1) is 17.8 Å². The van der Waals surface area contributed by atoms with Crippen LogP contribution in [0.4, 0.5) is 0 Å². The van der Waals surface area contributed by atoms with Gasteiger partial charge in [0.1, 0.15) is 13.2 Å². The average molecular weight is 934 g/mol. The minimum absolute atomic E-state index is 0.0638. The van der Waals surface area contributed by atoms with Crippen LogP contribution in [0.1, 0.15) is 330 Å². The minimum Gasteiger partial charge on any atom is -0.462 e. The number of carbonyl (C=O) groups excluding carboxylic acids is 3. The average Bonchev–Trinajstić information content (AvgIpc) is 3.28. The summed E-state index contributed by atoms with van der Waals surface area (Å²) in [7, 11) is 0. The predicted octanol–water partition coefficient (Wildman–Crippen LogP) is 19.5. The van der Waals surface area contributed by atoms with E-state index in [1.165, 1.54) is 212 Å². The van der Waals surface area contributed by atoms with Crippen molar-refractivity contribution < 1.29 is 28.6 Å². The van der Waals surface area contributed by atoms with E-state index in [2.05, 4.69) is 41.5 Å². The van der Waals surface area contributed by atoms with Gasteiger partial charge in [0.15, 0.2) is 6.10 Å². The van der Waals surface area contributed by atoms with E-state index < -0.39 is 6.10 Å². The number of esters is 3. The highest BCUT2D eigenvalue weighted by Crippen LogP contribution is 2.19. The van der Waals surface area contributed by atoms with Crippen LogP contribution in [0.5, 0.6) is 0 Å². The van der Waals surface area contributed by atoms with Crippen molar-refractivity contribution in [3.05, 3.63) is 0 Å². The van der Waals surface area contributed by atoms with Gasteiger partial charge in [-0.25, -0.2) is 0 Å². The van der Waals surface area contributed by atoms with Crippen LogP contribution in [-0.4, -0.2) is 37.2 Å². The van der Waals surface area contributed by atoms with E-state index in [9.17, 15) is 14.4 Å². The lowest BCUT2D eigenvalue weighted by molar-refractivity contribution is -0.167. The first-order valence-electron chi connectivity index (χ1n) is 29.6. The molecule has 66 heavy (non-hydrogen) atoms. The Kier molecular flexibility index (Phi) is 50.0. The summed E-state index contributed by atoms with van der Waals surface area (Å²) >= 11 is 0. The molecule has 6 heteroatoms. The number of hydrogen-bond donors (Lipinski definition) is 0. The Morgan fingerprint density at radius 2 is 0.439 bits per heavy atom. The molecule has 0 unspecified atom stereocenters. The van der Waals surface area contributed by atoms with Crippen LogP contribution < -0.4 is 0 Å². The molecule has 0 aromatic heterocycles. The molecule has 0 saturated heterocycles. The lowest BCUT2D eigenvalue weighted by atomic mass is 10.0. The monoisotopic (exact) mass is 933 g/mol. The van der Waals surface area contributed by atoms with Crippen LogP contribution >= 0.6 is 0 Å². The molecule has 0 aliphatic carbocycles. The van der Waals surface area contributed by atoms with Crippen molar-refractivity contribution >= 4 is 17.9 Å². The second kappa shape index (κ2) is 51.3. The van der Waals surface area contributed by atoms with Crippen molar-refractivity contribution in [3.63, 3.8) is 0 Å². The van der Waals surface area contributed by atoms with Crippen molar-refractivity contribution in [2.75, 3.05) is 13.2 Å². The zero-order chi connectivity index (χ0) is 48.4. The maximum atomic E-state index is 12.8. The van der Waals surface area contributed by atoms with E-state index in [-0.39, 0.29) is 31.1 Å². The fourth-order valence-corrected chi connectivity index (χ4v) is 9.18. The molecule has 0 spiro atoms. The van der Waals surface area contributed by atoms with Crippen LogP contribution in [0.15, 0.2) is 0 Å². The fourth-order valence-electron chi connectivity index (χ4n) is 9.18. The first kappa shape index (κ1) is 64.4. The smallest absolute Gasteiger partial charge is 0.306 e. The Balaban J connectivity index is 4.23. The zero-order valence-electron chi connectivity index (χ0n) is 45.5. The maximum Gasteiger partial charge on any atom is 0.306 e. The predicted molar refractivity (Wildman–Crippen MR) is 284 cm³/mol. The molecule has 6 nitrogen and oxygen atoms in total. The van der Waals surface area contributed by atoms with Crippen molar-refractivity contribution in [1.82, 2.24) is 0 Å². The molecular formula is C60H116O6. The highest BCUT2D eigenvalue weighted by atomic mass is 16.6. The second-order valence-electron chi connectivity index (χ2n) is 22.1. The van der Waals surface area contributed by atoms with E-state index in [1.807, 2.05) is 0 Å². The van der Waals surface area contributed by atoms with Crippen molar-refractivity contribution in [3.8, 4) is 0 Å². The molecule has 392 valence electrons. The SMILES string of the molecule is CC(C)CCCCCCCCCCCCCCCCCCC(=O)OC[C@H](COC(=O)CCCCCCCCCCCCCCCCCC(C)C)OC(=O)CCCCCCCCCCC(C)C. The highest BCUT2D eigenvalue weighted by molar-refractivity contribution is 5.71. The first-order chi connectivity index (χ1) is 32.1. The highest BCUT2D eigenvalue weighted by Gasteiger charge is 2.19. The van der Waals surface area contributed by atoms with Gasteiger partial charge >= 0.3 is 17.9 Å². The fraction of sp³-hybridized carbons (Fsp3) is 0.950. The molecule has 0 bridgehead atoms. The molecule has 0 saturated carbocycles. The standard InChI is InChI=1S/C60H116O6/c1-54(2)46-40-34-28-22-18-14-10-7-8-12-16-20-24-31-37-43-49-58(61)64-52-57(66-60(63)51-45-39-33-27-26-30-36-42-48-56(5)6)53-65-59(62)50-44-38-32-25-21-17-13-9-11-15-19-23-29-35-41-47-55(3)4/h54-57H,7-53H2,1-6H3/t57-/m1/s1. The van der Waals surface area contributed by atoms with Crippen LogP contribution in [0.2, 0.25) is 0 Å². The van der Waals surface area contributed by atoms with Gasteiger partial charge in [0.2, 0.25) is 0 Å². The quantitative estimate of drug-likeness (QED) is 0.0343. The largest absolute Gasteiger partial charge is 0.462 e. The third kappa shape index (κ3) is 53.4. The summed E-state index contributed by atoms with van der Waals surface area (Å²) in [5, 5.41) is 0.